The topological polar surface area (TPSA) is 125 Å². The Kier molecular flexibility index (Phi) is 7.69. The SMILES string of the molecule is Cc1ccc(C)c(S(=O)(=O)NCCC(=O)O[C@H](C)C(=O)Nc2cccc(C#N)c2)c1. The predicted octanol–water partition coefficient (Wildman–Crippen LogP) is 2.41. The van der Waals surface area contributed by atoms with Crippen LogP contribution in [-0.2, 0) is 24.3 Å². The van der Waals surface area contributed by atoms with Gasteiger partial charge in [0.15, 0.2) is 6.10 Å². The average Bonchev–Trinajstić information content (AvgIpc) is 2.69. The first-order chi connectivity index (χ1) is 14.1. The van der Waals surface area contributed by atoms with E-state index in [0.717, 1.165) is 5.56 Å². The molecule has 8 nitrogen and oxygen atoms in total. The van der Waals surface area contributed by atoms with Gasteiger partial charge in [0, 0.05) is 12.2 Å². The molecule has 2 N–H and O–H groups in total. The van der Waals surface area contributed by atoms with E-state index in [1.165, 1.54) is 13.0 Å². The summed E-state index contributed by atoms with van der Waals surface area (Å²) in [5.74, 6) is -1.28. The number of nitriles is 1. The monoisotopic (exact) mass is 429 g/mol. The number of rotatable bonds is 8. The third-order valence-corrected chi connectivity index (χ3v) is 5.79. The van der Waals surface area contributed by atoms with Crippen LogP contribution in [-0.4, -0.2) is 32.9 Å². The molecule has 30 heavy (non-hydrogen) atoms. The molecule has 0 aromatic heterocycles. The number of anilines is 1. The second-order valence-corrected chi connectivity index (χ2v) is 8.47. The standard InChI is InChI=1S/C21H23N3O5S/c1-14-7-8-15(2)19(11-14)30(27,28)23-10-9-20(25)29-16(3)21(26)24-18-6-4-5-17(12-18)13-22/h4-8,11-12,16,23H,9-10H2,1-3H3,(H,24,26)/t16-/m1/s1. The fraction of sp³-hybridized carbons (Fsp3) is 0.286. The molecule has 1 amide bonds. The number of ether oxygens (including phenoxy) is 1. The van der Waals surface area contributed by atoms with Gasteiger partial charge in [0.25, 0.3) is 5.91 Å². The zero-order valence-electron chi connectivity index (χ0n) is 16.9. The van der Waals surface area contributed by atoms with Crippen molar-refractivity contribution in [1.82, 2.24) is 4.72 Å². The van der Waals surface area contributed by atoms with Crippen molar-refractivity contribution in [3.8, 4) is 6.07 Å². The Labute approximate surface area is 175 Å². The minimum atomic E-state index is -3.76. The van der Waals surface area contributed by atoms with Gasteiger partial charge >= 0.3 is 5.97 Å². The predicted molar refractivity (Wildman–Crippen MR) is 111 cm³/mol. The molecule has 0 bridgehead atoms. The lowest BCUT2D eigenvalue weighted by Gasteiger charge is -2.14. The van der Waals surface area contributed by atoms with Crippen molar-refractivity contribution < 1.29 is 22.7 Å². The van der Waals surface area contributed by atoms with Crippen molar-refractivity contribution in [2.75, 3.05) is 11.9 Å². The zero-order chi connectivity index (χ0) is 22.3. The van der Waals surface area contributed by atoms with E-state index in [2.05, 4.69) is 10.0 Å². The first-order valence-electron chi connectivity index (χ1n) is 9.20. The molecule has 2 rings (SSSR count). The van der Waals surface area contributed by atoms with E-state index >= 15 is 0 Å². The third kappa shape index (κ3) is 6.40. The van der Waals surface area contributed by atoms with Gasteiger partial charge in [-0.1, -0.05) is 18.2 Å². The number of amides is 1. The Morgan fingerprint density at radius 3 is 2.60 bits per heavy atom. The Balaban J connectivity index is 1.85. The van der Waals surface area contributed by atoms with Crippen LogP contribution in [0, 0.1) is 25.2 Å². The fourth-order valence-electron chi connectivity index (χ4n) is 2.58. The van der Waals surface area contributed by atoms with Crippen LogP contribution in [0.1, 0.15) is 30.0 Å². The molecule has 0 heterocycles. The van der Waals surface area contributed by atoms with E-state index in [0.29, 0.717) is 16.8 Å². The number of carbonyl (C=O) groups is 2. The molecule has 0 aliphatic rings. The highest BCUT2D eigenvalue weighted by Gasteiger charge is 2.20. The molecule has 1 atom stereocenters. The molecule has 0 fully saturated rings. The van der Waals surface area contributed by atoms with E-state index in [1.54, 1.807) is 44.2 Å². The summed E-state index contributed by atoms with van der Waals surface area (Å²) in [6.45, 7) is 4.72. The summed E-state index contributed by atoms with van der Waals surface area (Å²) in [5.41, 5.74) is 2.19. The number of aryl methyl sites for hydroxylation is 2. The van der Waals surface area contributed by atoms with Gasteiger partial charge in [-0.25, -0.2) is 13.1 Å². The average molecular weight is 429 g/mol. The first-order valence-corrected chi connectivity index (χ1v) is 10.7. The minimum Gasteiger partial charge on any atom is -0.452 e. The Hall–Kier alpha value is -3.22. The second-order valence-electron chi connectivity index (χ2n) is 6.73. The maximum Gasteiger partial charge on any atom is 0.307 e. The number of hydrogen-bond acceptors (Lipinski definition) is 6. The van der Waals surface area contributed by atoms with Gasteiger partial charge in [0.1, 0.15) is 0 Å². The van der Waals surface area contributed by atoms with Crippen LogP contribution in [0.5, 0.6) is 0 Å². The molecule has 0 radical (unpaired) electrons. The summed E-state index contributed by atoms with van der Waals surface area (Å²) in [5, 5.41) is 11.4. The van der Waals surface area contributed by atoms with Crippen molar-refractivity contribution in [2.24, 2.45) is 0 Å². The van der Waals surface area contributed by atoms with Crippen molar-refractivity contribution >= 4 is 27.6 Å². The summed E-state index contributed by atoms with van der Waals surface area (Å²) >= 11 is 0. The molecule has 158 valence electrons. The van der Waals surface area contributed by atoms with Gasteiger partial charge in [-0.05, 0) is 56.2 Å². The molecule has 2 aromatic carbocycles. The summed E-state index contributed by atoms with van der Waals surface area (Å²) < 4.78 is 32.3. The van der Waals surface area contributed by atoms with Crippen LogP contribution in [0.4, 0.5) is 5.69 Å². The molecule has 0 unspecified atom stereocenters. The largest absolute Gasteiger partial charge is 0.452 e. The van der Waals surface area contributed by atoms with Crippen LogP contribution in [0.25, 0.3) is 0 Å². The van der Waals surface area contributed by atoms with Gasteiger partial charge < -0.3 is 10.1 Å². The molecular weight excluding hydrogens is 406 g/mol. The smallest absolute Gasteiger partial charge is 0.307 e. The number of nitrogens with one attached hydrogen (secondary N) is 2. The zero-order valence-corrected chi connectivity index (χ0v) is 17.7. The van der Waals surface area contributed by atoms with Gasteiger partial charge in [-0.3, -0.25) is 9.59 Å². The van der Waals surface area contributed by atoms with Crippen LogP contribution in [0.2, 0.25) is 0 Å². The van der Waals surface area contributed by atoms with E-state index < -0.39 is 28.0 Å². The van der Waals surface area contributed by atoms with Gasteiger partial charge in [0.05, 0.1) is 22.9 Å². The van der Waals surface area contributed by atoms with Crippen LogP contribution in [0.3, 0.4) is 0 Å². The van der Waals surface area contributed by atoms with Crippen molar-refractivity contribution in [1.29, 1.82) is 5.26 Å². The highest BCUT2D eigenvalue weighted by Crippen LogP contribution is 2.16. The second kappa shape index (κ2) is 10.0. The Morgan fingerprint density at radius 2 is 1.90 bits per heavy atom. The Bertz CT molecular complexity index is 1090. The number of nitrogens with zero attached hydrogens (tertiary/aromatic N) is 1. The van der Waals surface area contributed by atoms with Crippen molar-refractivity contribution in [2.45, 2.75) is 38.2 Å². The maximum absolute atomic E-state index is 12.4. The molecule has 0 saturated carbocycles. The lowest BCUT2D eigenvalue weighted by atomic mass is 10.2. The van der Waals surface area contributed by atoms with E-state index in [9.17, 15) is 18.0 Å². The molecule has 0 aliphatic carbocycles. The molecule has 0 aliphatic heterocycles. The number of sulfonamides is 1. The van der Waals surface area contributed by atoms with Crippen LogP contribution < -0.4 is 10.0 Å². The van der Waals surface area contributed by atoms with Gasteiger partial charge in [0.2, 0.25) is 10.0 Å². The van der Waals surface area contributed by atoms with Crippen molar-refractivity contribution in [3.63, 3.8) is 0 Å². The van der Waals surface area contributed by atoms with Gasteiger partial charge in [-0.15, -0.1) is 0 Å². The molecule has 0 saturated heterocycles. The summed E-state index contributed by atoms with van der Waals surface area (Å²) in [7, 11) is -3.76. The van der Waals surface area contributed by atoms with Crippen molar-refractivity contribution in [3.05, 3.63) is 59.2 Å². The molecule has 0 spiro atoms. The van der Waals surface area contributed by atoms with Gasteiger partial charge in [-0.2, -0.15) is 5.26 Å². The highest BCUT2D eigenvalue weighted by atomic mass is 32.2. The third-order valence-electron chi connectivity index (χ3n) is 4.19. The summed E-state index contributed by atoms with van der Waals surface area (Å²) in [4.78, 5) is 24.3. The lowest BCUT2D eigenvalue weighted by molar-refractivity contribution is -0.152. The number of esters is 1. The molecule has 9 heteroatoms. The Morgan fingerprint density at radius 1 is 1.17 bits per heavy atom. The summed E-state index contributed by atoms with van der Waals surface area (Å²) in [6.07, 6.45) is -1.31. The van der Waals surface area contributed by atoms with E-state index in [-0.39, 0.29) is 17.9 Å². The van der Waals surface area contributed by atoms with E-state index in [4.69, 9.17) is 10.00 Å². The number of carbonyl (C=O) groups excluding carboxylic acids is 2. The van der Waals surface area contributed by atoms with E-state index in [1.807, 2.05) is 12.1 Å². The molecular formula is C21H23N3O5S. The lowest BCUT2D eigenvalue weighted by Crippen LogP contribution is -2.32. The fourth-order valence-corrected chi connectivity index (χ4v) is 3.94. The van der Waals surface area contributed by atoms with Crippen LogP contribution >= 0.6 is 0 Å². The number of hydrogen-bond donors (Lipinski definition) is 2. The van der Waals surface area contributed by atoms with Crippen LogP contribution in [0.15, 0.2) is 47.4 Å². The highest BCUT2D eigenvalue weighted by molar-refractivity contribution is 7.89. The summed E-state index contributed by atoms with van der Waals surface area (Å²) in [6, 6.07) is 13.4. The quantitative estimate of drug-likeness (QED) is 0.621. The minimum absolute atomic E-state index is 0.156. The normalized spacial score (nSPS) is 11.9. The molecule has 2 aromatic rings. The first kappa shape index (κ1) is 23.1. The number of benzene rings is 2. The maximum atomic E-state index is 12.4.